The van der Waals surface area contributed by atoms with E-state index in [9.17, 15) is 19.8 Å². The zero-order valence-electron chi connectivity index (χ0n) is 19.5. The minimum Gasteiger partial charge on any atom is -0.507 e. The lowest BCUT2D eigenvalue weighted by molar-refractivity contribution is -0.137. The number of cyclic esters (lactones) is 1. The topological polar surface area (TPSA) is 121 Å². The molecule has 1 aromatic rings. The van der Waals surface area contributed by atoms with Gasteiger partial charge in [0.1, 0.15) is 29.3 Å². The molecule has 188 valence electrons. The number of likely N-dealkylation sites (tertiary alicyclic amines) is 1. The summed E-state index contributed by atoms with van der Waals surface area (Å²) < 4.78 is 11.1. The van der Waals surface area contributed by atoms with E-state index >= 15 is 0 Å². The Morgan fingerprint density at radius 1 is 1.23 bits per heavy atom. The van der Waals surface area contributed by atoms with E-state index in [1.165, 1.54) is 0 Å². The average Bonchev–Trinajstić information content (AvgIpc) is 3.56. The van der Waals surface area contributed by atoms with Crippen molar-refractivity contribution in [2.45, 2.75) is 57.3 Å². The van der Waals surface area contributed by atoms with Crippen LogP contribution in [0, 0.1) is 0 Å². The number of carbonyl (C=O) groups excluding carboxylic acids is 2. The van der Waals surface area contributed by atoms with Crippen molar-refractivity contribution in [3.8, 4) is 11.5 Å². The van der Waals surface area contributed by atoms with Gasteiger partial charge in [0.25, 0.3) is 5.91 Å². The first-order chi connectivity index (χ1) is 16.8. The number of allylic oxidation sites excluding steroid dienone is 3. The number of rotatable bonds is 3. The molecule has 3 aliphatic heterocycles. The summed E-state index contributed by atoms with van der Waals surface area (Å²) in [6.45, 7) is 2.92. The number of piperidine rings is 1. The Kier molecular flexibility index (Phi) is 7.97. The fourth-order valence-corrected chi connectivity index (χ4v) is 4.47. The molecule has 0 unspecified atom stereocenters. The van der Waals surface area contributed by atoms with Gasteiger partial charge in [-0.2, -0.15) is 0 Å². The van der Waals surface area contributed by atoms with Crippen molar-refractivity contribution in [2.75, 3.05) is 19.7 Å². The molecule has 3 heterocycles. The van der Waals surface area contributed by atoms with E-state index < -0.39 is 17.8 Å². The summed E-state index contributed by atoms with van der Waals surface area (Å²) in [4.78, 5) is 32.5. The molecule has 35 heavy (non-hydrogen) atoms. The highest BCUT2D eigenvalue weighted by molar-refractivity contribution is 6.33. The third-order valence-corrected chi connectivity index (χ3v) is 6.58. The molecule has 2 saturated heterocycles. The highest BCUT2D eigenvalue weighted by atomic mass is 35.5. The largest absolute Gasteiger partial charge is 0.507 e. The second-order valence-corrected chi connectivity index (χ2v) is 9.27. The second kappa shape index (κ2) is 11.1. The lowest BCUT2D eigenvalue weighted by atomic mass is 9.99. The fraction of sp³-hybridized carbons (Fsp3) is 0.480. The summed E-state index contributed by atoms with van der Waals surface area (Å²) in [7, 11) is 0. The smallest absolute Gasteiger partial charge is 0.342 e. The molecule has 3 aliphatic rings. The van der Waals surface area contributed by atoms with Gasteiger partial charge in [0.15, 0.2) is 6.61 Å². The van der Waals surface area contributed by atoms with Gasteiger partial charge in [-0.05, 0) is 37.8 Å². The summed E-state index contributed by atoms with van der Waals surface area (Å²) in [5.41, 5.74) is 0.295. The summed E-state index contributed by atoms with van der Waals surface area (Å²) in [6, 6.07) is 0.999. The molecular formula is C25H29ClN2O7. The van der Waals surface area contributed by atoms with Gasteiger partial charge in [-0.1, -0.05) is 35.0 Å². The van der Waals surface area contributed by atoms with Crippen molar-refractivity contribution < 1.29 is 34.1 Å². The number of ether oxygens (including phenoxy) is 2. The Hall–Kier alpha value is -3.04. The monoisotopic (exact) mass is 504 g/mol. The standard InChI is InChI=1S/C25H29ClN2O7/c1-15-11-21-20(35-21)8-4-3-7-16(27-33-14-22(31)28-9-5-2-6-10-28)12-17-23(25(32)34-15)18(29)13-19(30)24(17)26/h3-4,7-8,13,15,20-21,29-30H,2,5-6,9-12,14H2,1H3/b7-3+,8-4-,27-16+/t15-,20-,21+/m1/s1. The van der Waals surface area contributed by atoms with Crippen LogP contribution in [-0.4, -0.2) is 70.7 Å². The van der Waals surface area contributed by atoms with E-state index in [1.54, 1.807) is 24.0 Å². The molecular weight excluding hydrogens is 476 g/mol. The van der Waals surface area contributed by atoms with Crippen molar-refractivity contribution in [1.29, 1.82) is 0 Å². The molecule has 3 atom stereocenters. The number of hydrogen-bond donors (Lipinski definition) is 2. The van der Waals surface area contributed by atoms with Crippen molar-refractivity contribution >= 4 is 29.2 Å². The molecule has 0 saturated carbocycles. The molecule has 10 heteroatoms. The highest BCUT2D eigenvalue weighted by Gasteiger charge is 2.38. The molecule has 2 fully saturated rings. The van der Waals surface area contributed by atoms with Crippen LogP contribution in [0.2, 0.25) is 5.02 Å². The van der Waals surface area contributed by atoms with Gasteiger partial charge >= 0.3 is 5.97 Å². The number of hydrogen-bond acceptors (Lipinski definition) is 8. The zero-order chi connectivity index (χ0) is 24.9. The maximum atomic E-state index is 13.0. The molecule has 0 aromatic heterocycles. The summed E-state index contributed by atoms with van der Waals surface area (Å²) in [5.74, 6) is -1.78. The van der Waals surface area contributed by atoms with Crippen LogP contribution in [0.1, 0.15) is 48.5 Å². The van der Waals surface area contributed by atoms with E-state index in [0.29, 0.717) is 25.2 Å². The number of epoxide rings is 1. The number of aromatic hydroxyl groups is 2. The van der Waals surface area contributed by atoms with Gasteiger partial charge in [-0.25, -0.2) is 4.79 Å². The quantitative estimate of drug-likeness (QED) is 0.367. The van der Waals surface area contributed by atoms with Gasteiger partial charge < -0.3 is 29.4 Å². The number of fused-ring (bicyclic) bond motifs is 2. The van der Waals surface area contributed by atoms with Gasteiger partial charge in [0.2, 0.25) is 0 Å². The fourth-order valence-electron chi connectivity index (χ4n) is 4.26. The van der Waals surface area contributed by atoms with E-state index in [0.717, 1.165) is 25.3 Å². The van der Waals surface area contributed by atoms with E-state index in [-0.39, 0.29) is 53.0 Å². The maximum absolute atomic E-state index is 13.0. The van der Waals surface area contributed by atoms with Gasteiger partial charge in [0, 0.05) is 32.0 Å². The van der Waals surface area contributed by atoms with E-state index in [1.807, 2.05) is 12.2 Å². The first-order valence-electron chi connectivity index (χ1n) is 11.7. The third-order valence-electron chi connectivity index (χ3n) is 6.16. The van der Waals surface area contributed by atoms with Crippen LogP contribution in [0.15, 0.2) is 35.5 Å². The molecule has 0 radical (unpaired) electrons. The Balaban J connectivity index is 1.61. The Labute approximate surface area is 208 Å². The number of phenolic OH excluding ortho intramolecular Hbond substituents is 2. The van der Waals surface area contributed by atoms with Crippen LogP contribution >= 0.6 is 11.6 Å². The van der Waals surface area contributed by atoms with Crippen LogP contribution in [0.3, 0.4) is 0 Å². The lowest BCUT2D eigenvalue weighted by Gasteiger charge is -2.26. The van der Waals surface area contributed by atoms with Crippen molar-refractivity contribution in [3.63, 3.8) is 0 Å². The Morgan fingerprint density at radius 3 is 2.77 bits per heavy atom. The number of phenols is 2. The van der Waals surface area contributed by atoms with Crippen LogP contribution in [0.25, 0.3) is 0 Å². The Morgan fingerprint density at radius 2 is 2.00 bits per heavy atom. The van der Waals surface area contributed by atoms with Gasteiger partial charge in [-0.15, -0.1) is 0 Å². The second-order valence-electron chi connectivity index (χ2n) is 8.89. The number of halogens is 1. The number of oxime groups is 1. The van der Waals surface area contributed by atoms with Crippen LogP contribution in [-0.2, 0) is 25.5 Å². The normalized spacial score (nSPS) is 27.7. The first-order valence-corrected chi connectivity index (χ1v) is 12.1. The molecule has 1 amide bonds. The minimum atomic E-state index is -0.777. The van der Waals surface area contributed by atoms with Crippen molar-refractivity contribution in [1.82, 2.24) is 4.90 Å². The number of benzene rings is 1. The van der Waals surface area contributed by atoms with Crippen molar-refractivity contribution in [3.05, 3.63) is 46.5 Å². The number of esters is 1. The molecule has 0 bridgehead atoms. The molecule has 1 aromatic carbocycles. The molecule has 0 aliphatic carbocycles. The summed E-state index contributed by atoms with van der Waals surface area (Å²) in [6.07, 6.45) is 9.94. The molecule has 4 rings (SSSR count). The summed E-state index contributed by atoms with van der Waals surface area (Å²) in [5, 5.41) is 24.6. The number of amides is 1. The zero-order valence-corrected chi connectivity index (χ0v) is 20.2. The highest BCUT2D eigenvalue weighted by Crippen LogP contribution is 2.38. The number of carbonyl (C=O) groups is 2. The maximum Gasteiger partial charge on any atom is 0.342 e. The van der Waals surface area contributed by atoms with E-state index in [4.69, 9.17) is 25.9 Å². The van der Waals surface area contributed by atoms with Crippen LogP contribution in [0.4, 0.5) is 0 Å². The Bertz CT molecular complexity index is 1060. The SMILES string of the molecule is C[C@@H]1C[C@@H]2O[C@@H]2\C=C/C=C/C(=N\OCC(=O)N2CCCCC2)Cc2c(Cl)c(O)cc(O)c2C(=O)O1. The third kappa shape index (κ3) is 6.35. The van der Waals surface area contributed by atoms with Gasteiger partial charge in [0.05, 0.1) is 16.8 Å². The first kappa shape index (κ1) is 25.1. The summed E-state index contributed by atoms with van der Waals surface area (Å²) >= 11 is 6.33. The minimum absolute atomic E-state index is 0.0651. The van der Waals surface area contributed by atoms with E-state index in [2.05, 4.69) is 5.16 Å². The van der Waals surface area contributed by atoms with Gasteiger partial charge in [-0.3, -0.25) is 4.79 Å². The van der Waals surface area contributed by atoms with Crippen molar-refractivity contribution in [2.24, 2.45) is 5.16 Å². The lowest BCUT2D eigenvalue weighted by Crippen LogP contribution is -2.37. The van der Waals surface area contributed by atoms with Crippen LogP contribution < -0.4 is 0 Å². The average molecular weight is 505 g/mol. The molecule has 9 nitrogen and oxygen atoms in total. The predicted molar refractivity (Wildman–Crippen MR) is 129 cm³/mol. The predicted octanol–water partition coefficient (Wildman–Crippen LogP) is 3.51. The van der Waals surface area contributed by atoms with Crippen LogP contribution in [0.5, 0.6) is 11.5 Å². The number of nitrogens with zero attached hydrogens (tertiary/aromatic N) is 2. The molecule has 2 N–H and O–H groups in total. The molecule has 0 spiro atoms.